The molecule has 1 aliphatic rings. The number of nitrogens with one attached hydrogen (secondary N) is 2. The Morgan fingerprint density at radius 3 is 2.48 bits per heavy atom. The van der Waals surface area contributed by atoms with Crippen LogP contribution in [0.5, 0.6) is 0 Å². The SMILES string of the molecule is CCCNc1cc(NC2CCC(CC)CC2)nc(SC)n1. The molecule has 0 amide bonds. The minimum absolute atomic E-state index is 0.566. The van der Waals surface area contributed by atoms with E-state index in [1.807, 2.05) is 12.3 Å². The van der Waals surface area contributed by atoms with E-state index in [0.29, 0.717) is 6.04 Å². The summed E-state index contributed by atoms with van der Waals surface area (Å²) in [5, 5.41) is 7.81. The van der Waals surface area contributed by atoms with E-state index in [4.69, 9.17) is 0 Å². The zero-order valence-corrected chi connectivity index (χ0v) is 14.3. The summed E-state index contributed by atoms with van der Waals surface area (Å²) in [6.45, 7) is 5.42. The zero-order valence-electron chi connectivity index (χ0n) is 13.5. The Morgan fingerprint density at radius 1 is 1.14 bits per heavy atom. The first-order valence-electron chi connectivity index (χ1n) is 8.18. The van der Waals surface area contributed by atoms with Gasteiger partial charge >= 0.3 is 0 Å². The molecule has 0 saturated heterocycles. The molecule has 1 fully saturated rings. The number of anilines is 2. The van der Waals surface area contributed by atoms with Crippen molar-refractivity contribution in [1.29, 1.82) is 0 Å². The van der Waals surface area contributed by atoms with Gasteiger partial charge < -0.3 is 10.6 Å². The van der Waals surface area contributed by atoms with Gasteiger partial charge in [0.25, 0.3) is 0 Å². The average molecular weight is 308 g/mol. The smallest absolute Gasteiger partial charge is 0.191 e. The second-order valence-electron chi connectivity index (χ2n) is 5.82. The van der Waals surface area contributed by atoms with E-state index in [1.165, 1.54) is 32.1 Å². The monoisotopic (exact) mass is 308 g/mol. The van der Waals surface area contributed by atoms with Gasteiger partial charge in [0.15, 0.2) is 5.16 Å². The number of hydrogen-bond acceptors (Lipinski definition) is 5. The minimum Gasteiger partial charge on any atom is -0.370 e. The maximum atomic E-state index is 4.59. The van der Waals surface area contributed by atoms with Crippen molar-refractivity contribution in [3.63, 3.8) is 0 Å². The van der Waals surface area contributed by atoms with Gasteiger partial charge in [-0.05, 0) is 44.3 Å². The Balaban J connectivity index is 1.98. The molecular weight excluding hydrogens is 280 g/mol. The first-order chi connectivity index (χ1) is 10.2. The number of hydrogen-bond donors (Lipinski definition) is 2. The minimum atomic E-state index is 0.566. The largest absolute Gasteiger partial charge is 0.370 e. The predicted molar refractivity (Wildman–Crippen MR) is 92.3 cm³/mol. The third kappa shape index (κ3) is 5.06. The van der Waals surface area contributed by atoms with Gasteiger partial charge in [-0.25, -0.2) is 9.97 Å². The fourth-order valence-electron chi connectivity index (χ4n) is 2.86. The van der Waals surface area contributed by atoms with Gasteiger partial charge in [-0.1, -0.05) is 32.0 Å². The molecule has 0 aromatic carbocycles. The number of nitrogens with zero attached hydrogens (tertiary/aromatic N) is 2. The lowest BCUT2D eigenvalue weighted by molar-refractivity contribution is 0.330. The molecule has 1 aromatic heterocycles. The fourth-order valence-corrected chi connectivity index (χ4v) is 3.24. The molecule has 1 aromatic rings. The maximum Gasteiger partial charge on any atom is 0.191 e. The normalized spacial score (nSPS) is 22.0. The van der Waals surface area contributed by atoms with E-state index in [0.717, 1.165) is 35.7 Å². The first-order valence-corrected chi connectivity index (χ1v) is 9.41. The van der Waals surface area contributed by atoms with Gasteiger partial charge in [0.2, 0.25) is 0 Å². The van der Waals surface area contributed by atoms with Crippen LogP contribution in [0.25, 0.3) is 0 Å². The highest BCUT2D eigenvalue weighted by Gasteiger charge is 2.20. The molecule has 0 bridgehead atoms. The van der Waals surface area contributed by atoms with Crippen molar-refractivity contribution in [2.75, 3.05) is 23.4 Å². The number of thioether (sulfide) groups is 1. The van der Waals surface area contributed by atoms with Crippen LogP contribution in [0.15, 0.2) is 11.2 Å². The first kappa shape index (κ1) is 16.4. The van der Waals surface area contributed by atoms with Crippen LogP contribution in [0.2, 0.25) is 0 Å². The molecule has 1 heterocycles. The third-order valence-electron chi connectivity index (χ3n) is 4.22. The van der Waals surface area contributed by atoms with Crippen molar-refractivity contribution >= 4 is 23.4 Å². The molecule has 118 valence electrons. The third-order valence-corrected chi connectivity index (χ3v) is 4.77. The topological polar surface area (TPSA) is 49.8 Å². The van der Waals surface area contributed by atoms with Crippen molar-refractivity contribution in [2.24, 2.45) is 5.92 Å². The second-order valence-corrected chi connectivity index (χ2v) is 6.60. The number of rotatable bonds is 7. The van der Waals surface area contributed by atoms with Crippen molar-refractivity contribution in [2.45, 2.75) is 63.6 Å². The predicted octanol–water partition coefficient (Wildman–Crippen LogP) is 4.40. The average Bonchev–Trinajstić information content (AvgIpc) is 2.53. The van der Waals surface area contributed by atoms with Crippen LogP contribution in [0.4, 0.5) is 11.6 Å². The van der Waals surface area contributed by atoms with Crippen molar-refractivity contribution in [3.8, 4) is 0 Å². The lowest BCUT2D eigenvalue weighted by Gasteiger charge is -2.28. The second kappa shape index (κ2) is 8.47. The number of aromatic nitrogens is 2. The molecule has 0 atom stereocenters. The van der Waals surface area contributed by atoms with Crippen LogP contribution in [-0.2, 0) is 0 Å². The molecular formula is C16H28N4S. The van der Waals surface area contributed by atoms with Crippen LogP contribution in [0.1, 0.15) is 52.4 Å². The summed E-state index contributed by atoms with van der Waals surface area (Å²) in [7, 11) is 0. The molecule has 5 heteroatoms. The summed E-state index contributed by atoms with van der Waals surface area (Å²) in [4.78, 5) is 9.10. The molecule has 0 spiro atoms. The maximum absolute atomic E-state index is 4.59. The van der Waals surface area contributed by atoms with Crippen molar-refractivity contribution in [1.82, 2.24) is 9.97 Å². The Kier molecular flexibility index (Phi) is 6.61. The summed E-state index contributed by atoms with van der Waals surface area (Å²) in [6.07, 6.45) is 9.65. The molecule has 0 aliphatic heterocycles. The van der Waals surface area contributed by atoms with Crippen molar-refractivity contribution in [3.05, 3.63) is 6.07 Å². The highest BCUT2D eigenvalue weighted by Crippen LogP contribution is 2.28. The van der Waals surface area contributed by atoms with Gasteiger partial charge in [-0.2, -0.15) is 0 Å². The molecule has 2 N–H and O–H groups in total. The summed E-state index contributed by atoms with van der Waals surface area (Å²) in [5.74, 6) is 2.82. The highest BCUT2D eigenvalue weighted by atomic mass is 32.2. The van der Waals surface area contributed by atoms with Crippen LogP contribution in [0, 0.1) is 5.92 Å². The van der Waals surface area contributed by atoms with Gasteiger partial charge in [-0.15, -0.1) is 0 Å². The van der Waals surface area contributed by atoms with Gasteiger partial charge in [0.1, 0.15) is 11.6 Å². The van der Waals surface area contributed by atoms with E-state index in [1.54, 1.807) is 11.8 Å². The van der Waals surface area contributed by atoms with Crippen LogP contribution >= 0.6 is 11.8 Å². The van der Waals surface area contributed by atoms with Crippen LogP contribution < -0.4 is 10.6 Å². The van der Waals surface area contributed by atoms with Crippen molar-refractivity contribution < 1.29 is 0 Å². The Bertz CT molecular complexity index is 430. The zero-order chi connectivity index (χ0) is 15.1. The summed E-state index contributed by atoms with van der Waals surface area (Å²) < 4.78 is 0. The van der Waals surface area contributed by atoms with E-state index in [2.05, 4.69) is 34.4 Å². The molecule has 1 aliphatic carbocycles. The summed E-state index contributed by atoms with van der Waals surface area (Å²) >= 11 is 1.59. The molecule has 4 nitrogen and oxygen atoms in total. The molecule has 2 rings (SSSR count). The van der Waals surface area contributed by atoms with Gasteiger partial charge in [0.05, 0.1) is 0 Å². The highest BCUT2D eigenvalue weighted by molar-refractivity contribution is 7.98. The van der Waals surface area contributed by atoms with Gasteiger partial charge in [0, 0.05) is 18.7 Å². The lowest BCUT2D eigenvalue weighted by Crippen LogP contribution is -2.26. The molecule has 0 unspecified atom stereocenters. The quantitative estimate of drug-likeness (QED) is 0.577. The van der Waals surface area contributed by atoms with E-state index >= 15 is 0 Å². The van der Waals surface area contributed by atoms with Crippen LogP contribution in [-0.4, -0.2) is 28.8 Å². The Labute approximate surface area is 132 Å². The van der Waals surface area contributed by atoms with E-state index in [9.17, 15) is 0 Å². The summed E-state index contributed by atoms with van der Waals surface area (Å²) in [6, 6.07) is 2.61. The Hall–Kier alpha value is -0.970. The Morgan fingerprint density at radius 2 is 1.86 bits per heavy atom. The molecule has 0 radical (unpaired) electrons. The molecule has 1 saturated carbocycles. The van der Waals surface area contributed by atoms with E-state index < -0.39 is 0 Å². The van der Waals surface area contributed by atoms with Crippen LogP contribution in [0.3, 0.4) is 0 Å². The lowest BCUT2D eigenvalue weighted by atomic mass is 9.84. The standard InChI is InChI=1S/C16H28N4S/c1-4-10-17-14-11-15(20-16(19-14)21-3)18-13-8-6-12(5-2)7-9-13/h11-13H,4-10H2,1-3H3,(H2,17,18,19,20). The van der Waals surface area contributed by atoms with Gasteiger partial charge in [-0.3, -0.25) is 0 Å². The fraction of sp³-hybridized carbons (Fsp3) is 0.750. The molecule has 21 heavy (non-hydrogen) atoms. The van der Waals surface area contributed by atoms with E-state index in [-0.39, 0.29) is 0 Å². The summed E-state index contributed by atoms with van der Waals surface area (Å²) in [5.41, 5.74) is 0.